The first kappa shape index (κ1) is 23.4. The number of amides is 2. The molecule has 5 rings (SSSR count). The number of rotatable bonds is 7. The number of aliphatic carboxylic acids is 1. The quantitative estimate of drug-likeness (QED) is 0.632. The van der Waals surface area contributed by atoms with Crippen LogP contribution in [-0.2, 0) is 19.1 Å². The number of alkyl carbamates (subject to hydrolysis) is 1. The average Bonchev–Trinajstić information content (AvgIpc) is 3.42. The summed E-state index contributed by atoms with van der Waals surface area (Å²) < 4.78 is 11.0. The van der Waals surface area contributed by atoms with Crippen LogP contribution in [0.4, 0.5) is 4.79 Å². The van der Waals surface area contributed by atoms with Crippen LogP contribution in [0.15, 0.2) is 48.5 Å². The largest absolute Gasteiger partial charge is 0.480 e. The van der Waals surface area contributed by atoms with Crippen molar-refractivity contribution in [3.05, 3.63) is 59.7 Å². The zero-order chi connectivity index (χ0) is 24.6. The van der Waals surface area contributed by atoms with Crippen LogP contribution < -0.4 is 5.32 Å². The topological polar surface area (TPSA) is 105 Å². The fourth-order valence-corrected chi connectivity index (χ4v) is 5.65. The molecule has 1 saturated carbocycles. The highest BCUT2D eigenvalue weighted by atomic mass is 16.5. The molecule has 2 aliphatic carbocycles. The summed E-state index contributed by atoms with van der Waals surface area (Å²) in [6, 6.07) is 16.3. The highest BCUT2D eigenvalue weighted by Crippen LogP contribution is 2.44. The molecule has 0 aromatic heterocycles. The van der Waals surface area contributed by atoms with E-state index in [0.29, 0.717) is 25.9 Å². The molecule has 2 amide bonds. The van der Waals surface area contributed by atoms with Crippen LogP contribution in [0.2, 0.25) is 0 Å². The van der Waals surface area contributed by atoms with Gasteiger partial charge in [0.05, 0.1) is 13.1 Å². The SMILES string of the molecule is CC1(OCC(=O)O)CN(C(=O)[C@H]2CC[C@@H](NC(=O)OCC3c4ccccc4-c4ccccc43)C2)C1. The highest BCUT2D eigenvalue weighted by Gasteiger charge is 2.45. The Morgan fingerprint density at radius 1 is 1.03 bits per heavy atom. The monoisotopic (exact) mass is 478 g/mol. The molecule has 8 nitrogen and oxygen atoms in total. The summed E-state index contributed by atoms with van der Waals surface area (Å²) in [5.41, 5.74) is 4.10. The number of hydrogen-bond donors (Lipinski definition) is 2. The van der Waals surface area contributed by atoms with Crippen LogP contribution in [0.5, 0.6) is 0 Å². The van der Waals surface area contributed by atoms with Crippen LogP contribution in [0, 0.1) is 5.92 Å². The van der Waals surface area contributed by atoms with E-state index in [-0.39, 0.29) is 37.0 Å². The van der Waals surface area contributed by atoms with Gasteiger partial charge in [0, 0.05) is 17.9 Å². The Morgan fingerprint density at radius 3 is 2.29 bits per heavy atom. The van der Waals surface area contributed by atoms with Gasteiger partial charge in [0.15, 0.2) is 0 Å². The van der Waals surface area contributed by atoms with Crippen molar-refractivity contribution in [3.63, 3.8) is 0 Å². The third-order valence-electron chi connectivity index (χ3n) is 7.35. The van der Waals surface area contributed by atoms with Gasteiger partial charge in [0.1, 0.15) is 18.8 Å². The molecule has 2 aromatic carbocycles. The molecule has 8 heteroatoms. The van der Waals surface area contributed by atoms with Gasteiger partial charge < -0.3 is 24.8 Å². The predicted octanol–water partition coefficient (Wildman–Crippen LogP) is 3.40. The van der Waals surface area contributed by atoms with Gasteiger partial charge in [-0.15, -0.1) is 0 Å². The van der Waals surface area contributed by atoms with Gasteiger partial charge >= 0.3 is 12.1 Å². The molecule has 0 spiro atoms. The van der Waals surface area contributed by atoms with Gasteiger partial charge in [0.2, 0.25) is 5.91 Å². The smallest absolute Gasteiger partial charge is 0.407 e. The molecule has 0 radical (unpaired) electrons. The Kier molecular flexibility index (Phi) is 6.23. The van der Waals surface area contributed by atoms with Crippen molar-refractivity contribution >= 4 is 18.0 Å². The molecule has 3 aliphatic rings. The number of fused-ring (bicyclic) bond motifs is 3. The molecule has 2 atom stereocenters. The van der Waals surface area contributed by atoms with E-state index >= 15 is 0 Å². The molecule has 1 heterocycles. The lowest BCUT2D eigenvalue weighted by atomic mass is 9.93. The number of ether oxygens (including phenoxy) is 2. The van der Waals surface area contributed by atoms with E-state index in [0.717, 1.165) is 6.42 Å². The maximum atomic E-state index is 12.8. The van der Waals surface area contributed by atoms with Gasteiger partial charge in [-0.05, 0) is 48.4 Å². The number of nitrogens with zero attached hydrogens (tertiary/aromatic N) is 1. The van der Waals surface area contributed by atoms with Crippen molar-refractivity contribution in [2.45, 2.75) is 43.7 Å². The summed E-state index contributed by atoms with van der Waals surface area (Å²) in [5, 5.41) is 11.7. The molecule has 1 aliphatic heterocycles. The van der Waals surface area contributed by atoms with Gasteiger partial charge in [-0.2, -0.15) is 0 Å². The van der Waals surface area contributed by atoms with E-state index < -0.39 is 17.7 Å². The lowest BCUT2D eigenvalue weighted by molar-refractivity contribution is -0.175. The fourth-order valence-electron chi connectivity index (χ4n) is 5.65. The number of carbonyl (C=O) groups excluding carboxylic acids is 2. The van der Waals surface area contributed by atoms with Crippen molar-refractivity contribution in [2.24, 2.45) is 5.92 Å². The first-order valence-corrected chi connectivity index (χ1v) is 12.1. The van der Waals surface area contributed by atoms with Gasteiger partial charge in [-0.25, -0.2) is 9.59 Å². The van der Waals surface area contributed by atoms with Crippen LogP contribution in [0.1, 0.15) is 43.2 Å². The van der Waals surface area contributed by atoms with Crippen LogP contribution in [-0.4, -0.2) is 65.9 Å². The molecule has 1 saturated heterocycles. The van der Waals surface area contributed by atoms with Crippen molar-refractivity contribution in [1.29, 1.82) is 0 Å². The zero-order valence-corrected chi connectivity index (χ0v) is 19.7. The minimum atomic E-state index is -1.02. The number of carbonyl (C=O) groups is 3. The summed E-state index contributed by atoms with van der Waals surface area (Å²) >= 11 is 0. The van der Waals surface area contributed by atoms with Crippen LogP contribution >= 0.6 is 0 Å². The van der Waals surface area contributed by atoms with Crippen LogP contribution in [0.3, 0.4) is 0 Å². The van der Waals surface area contributed by atoms with E-state index in [4.69, 9.17) is 14.6 Å². The minimum absolute atomic E-state index is 0.00938. The minimum Gasteiger partial charge on any atom is -0.480 e. The second-order valence-electron chi connectivity index (χ2n) is 10.0. The molecule has 35 heavy (non-hydrogen) atoms. The second-order valence-corrected chi connectivity index (χ2v) is 10.0. The van der Waals surface area contributed by atoms with Crippen molar-refractivity contribution in [2.75, 3.05) is 26.3 Å². The van der Waals surface area contributed by atoms with Gasteiger partial charge in [0.25, 0.3) is 0 Å². The standard InChI is InChI=1S/C27H30N2O6/c1-27(35-14-24(30)31)15-29(16-27)25(32)17-10-11-18(12-17)28-26(33)34-13-23-21-8-4-2-6-19(21)20-7-3-5-9-22(20)23/h2-9,17-18,23H,10-16H2,1H3,(H,28,33)(H,30,31)/t17-,18+/m0/s1. The molecule has 0 bridgehead atoms. The Bertz CT molecular complexity index is 1100. The third-order valence-corrected chi connectivity index (χ3v) is 7.35. The highest BCUT2D eigenvalue weighted by molar-refractivity contribution is 5.81. The molecular weight excluding hydrogens is 448 g/mol. The lowest BCUT2D eigenvalue weighted by Gasteiger charge is -2.48. The fraction of sp³-hybridized carbons (Fsp3) is 0.444. The number of likely N-dealkylation sites (tertiary alicyclic amines) is 1. The summed E-state index contributed by atoms with van der Waals surface area (Å²) in [7, 11) is 0. The first-order valence-electron chi connectivity index (χ1n) is 12.1. The number of carboxylic acid groups (broad SMARTS) is 1. The van der Waals surface area contributed by atoms with Crippen LogP contribution in [0.25, 0.3) is 11.1 Å². The molecule has 2 aromatic rings. The zero-order valence-electron chi connectivity index (χ0n) is 19.7. The molecule has 184 valence electrons. The summed E-state index contributed by atoms with van der Waals surface area (Å²) in [6.07, 6.45) is 1.55. The normalized spacial score (nSPS) is 22.1. The Hall–Kier alpha value is -3.39. The van der Waals surface area contributed by atoms with E-state index in [9.17, 15) is 14.4 Å². The number of nitrogens with one attached hydrogen (secondary N) is 1. The summed E-state index contributed by atoms with van der Waals surface area (Å²) in [6.45, 7) is 2.49. The van der Waals surface area contributed by atoms with E-state index in [1.165, 1.54) is 22.3 Å². The van der Waals surface area contributed by atoms with Crippen molar-refractivity contribution < 1.29 is 29.0 Å². The third kappa shape index (κ3) is 4.75. The average molecular weight is 479 g/mol. The molecule has 2 fully saturated rings. The van der Waals surface area contributed by atoms with E-state index in [2.05, 4.69) is 29.6 Å². The van der Waals surface area contributed by atoms with E-state index in [1.807, 2.05) is 31.2 Å². The molecule has 2 N–H and O–H groups in total. The first-order chi connectivity index (χ1) is 16.8. The Morgan fingerprint density at radius 2 is 1.66 bits per heavy atom. The van der Waals surface area contributed by atoms with Crippen molar-refractivity contribution in [3.8, 4) is 11.1 Å². The Labute approximate surface area is 204 Å². The number of carboxylic acids is 1. The number of benzene rings is 2. The molecule has 0 unspecified atom stereocenters. The predicted molar refractivity (Wildman–Crippen MR) is 128 cm³/mol. The van der Waals surface area contributed by atoms with Gasteiger partial charge in [-0.1, -0.05) is 48.5 Å². The van der Waals surface area contributed by atoms with Gasteiger partial charge in [-0.3, -0.25) is 4.79 Å². The summed E-state index contributed by atoms with van der Waals surface area (Å²) in [4.78, 5) is 37.8. The molecular formula is C27H30N2O6. The number of hydrogen-bond acceptors (Lipinski definition) is 5. The lowest BCUT2D eigenvalue weighted by Crippen LogP contribution is -2.64. The maximum absolute atomic E-state index is 12.8. The van der Waals surface area contributed by atoms with E-state index in [1.54, 1.807) is 4.90 Å². The second kappa shape index (κ2) is 9.34. The maximum Gasteiger partial charge on any atom is 0.407 e. The van der Waals surface area contributed by atoms with Crippen molar-refractivity contribution in [1.82, 2.24) is 10.2 Å². The summed E-state index contributed by atoms with van der Waals surface area (Å²) in [5.74, 6) is -1.12. The Balaban J connectivity index is 1.10.